The number of carbonyl (C=O) groups excluding carboxylic acids is 1. The van der Waals surface area contributed by atoms with Gasteiger partial charge in [0, 0.05) is 23.7 Å². The molecule has 24 heavy (non-hydrogen) atoms. The molecule has 5 nitrogen and oxygen atoms in total. The Balaban J connectivity index is 2.11. The van der Waals surface area contributed by atoms with Crippen LogP contribution in [0.1, 0.15) is 15.9 Å². The maximum Gasteiger partial charge on any atom is 0.258 e. The molecule has 0 saturated heterocycles. The lowest BCUT2D eigenvalue weighted by molar-refractivity contribution is 0.0948. The molecule has 0 spiro atoms. The number of methoxy groups -OCH3 is 3. The second kappa shape index (κ2) is 8.45. The van der Waals surface area contributed by atoms with Crippen molar-refractivity contribution < 1.29 is 19.0 Å². The van der Waals surface area contributed by atoms with E-state index in [0.29, 0.717) is 40.8 Å². The van der Waals surface area contributed by atoms with E-state index in [1.54, 1.807) is 19.2 Å². The van der Waals surface area contributed by atoms with Gasteiger partial charge in [0.05, 0.1) is 21.3 Å². The Hall–Kier alpha value is -2.40. The lowest BCUT2D eigenvalue weighted by Crippen LogP contribution is -2.26. The van der Waals surface area contributed by atoms with E-state index in [1.165, 1.54) is 14.2 Å². The van der Waals surface area contributed by atoms with Crippen LogP contribution in [0.3, 0.4) is 0 Å². The van der Waals surface area contributed by atoms with Crippen LogP contribution in [-0.2, 0) is 6.42 Å². The lowest BCUT2D eigenvalue weighted by Gasteiger charge is -2.15. The minimum absolute atomic E-state index is 0.270. The summed E-state index contributed by atoms with van der Waals surface area (Å²) in [6.07, 6.45) is 0.674. The van der Waals surface area contributed by atoms with Gasteiger partial charge in [0.2, 0.25) is 0 Å². The summed E-state index contributed by atoms with van der Waals surface area (Å²) in [7, 11) is 4.53. The zero-order valence-corrected chi connectivity index (χ0v) is 14.6. The number of carbonyl (C=O) groups is 1. The van der Waals surface area contributed by atoms with Gasteiger partial charge in [-0.15, -0.1) is 0 Å². The summed E-state index contributed by atoms with van der Waals surface area (Å²) in [6, 6.07) is 10.8. The average Bonchev–Trinajstić information content (AvgIpc) is 2.60. The van der Waals surface area contributed by atoms with Crippen molar-refractivity contribution in [2.75, 3.05) is 27.9 Å². The quantitative estimate of drug-likeness (QED) is 0.833. The molecule has 128 valence electrons. The minimum atomic E-state index is -0.270. The summed E-state index contributed by atoms with van der Waals surface area (Å²) in [5.74, 6) is 1.07. The molecule has 6 heteroatoms. The lowest BCUT2D eigenvalue weighted by atomic mass is 10.1. The van der Waals surface area contributed by atoms with Crippen molar-refractivity contribution in [3.05, 3.63) is 52.5 Å². The van der Waals surface area contributed by atoms with Gasteiger partial charge in [-0.3, -0.25) is 4.79 Å². The smallest absolute Gasteiger partial charge is 0.258 e. The van der Waals surface area contributed by atoms with Gasteiger partial charge in [-0.1, -0.05) is 23.7 Å². The fraction of sp³-hybridized carbons (Fsp3) is 0.278. The Bertz CT molecular complexity index is 693. The standard InChI is InChI=1S/C18H20ClNO4/c1-22-14-10-15(23-2)17(16(11-14)24-3)18(21)20-8-7-12-5-4-6-13(19)9-12/h4-6,9-11H,7-8H2,1-3H3,(H,20,21). The van der Waals surface area contributed by atoms with Gasteiger partial charge in [0.25, 0.3) is 5.91 Å². The molecule has 2 aromatic rings. The predicted octanol–water partition coefficient (Wildman–Crippen LogP) is 3.34. The number of amides is 1. The zero-order valence-electron chi connectivity index (χ0n) is 13.9. The highest BCUT2D eigenvalue weighted by Crippen LogP contribution is 2.33. The monoisotopic (exact) mass is 349 g/mol. The summed E-state index contributed by atoms with van der Waals surface area (Å²) in [4.78, 5) is 12.5. The molecular weight excluding hydrogens is 330 g/mol. The van der Waals surface area contributed by atoms with Gasteiger partial charge >= 0.3 is 0 Å². The molecule has 2 aromatic carbocycles. The van der Waals surface area contributed by atoms with Crippen LogP contribution in [0.5, 0.6) is 17.2 Å². The highest BCUT2D eigenvalue weighted by molar-refractivity contribution is 6.30. The topological polar surface area (TPSA) is 56.8 Å². The molecule has 0 aliphatic heterocycles. The minimum Gasteiger partial charge on any atom is -0.496 e. The Morgan fingerprint density at radius 1 is 1.04 bits per heavy atom. The molecule has 0 fully saturated rings. The molecule has 0 saturated carbocycles. The van der Waals surface area contributed by atoms with Crippen molar-refractivity contribution in [1.29, 1.82) is 0 Å². The zero-order chi connectivity index (χ0) is 17.5. The van der Waals surface area contributed by atoms with Crippen molar-refractivity contribution in [1.82, 2.24) is 5.32 Å². The number of ether oxygens (including phenoxy) is 3. The fourth-order valence-corrected chi connectivity index (χ4v) is 2.54. The van der Waals surface area contributed by atoms with Crippen LogP contribution in [0.15, 0.2) is 36.4 Å². The average molecular weight is 350 g/mol. The Kier molecular flexibility index (Phi) is 6.32. The Labute approximate surface area is 146 Å². The first kappa shape index (κ1) is 17.9. The van der Waals surface area contributed by atoms with E-state index < -0.39 is 0 Å². The second-order valence-corrected chi connectivity index (χ2v) is 5.48. The summed E-state index contributed by atoms with van der Waals surface area (Å²) >= 11 is 5.96. The highest BCUT2D eigenvalue weighted by atomic mass is 35.5. The van der Waals surface area contributed by atoms with Gasteiger partial charge in [-0.05, 0) is 24.1 Å². The van der Waals surface area contributed by atoms with Gasteiger partial charge in [0.1, 0.15) is 22.8 Å². The molecule has 0 aliphatic rings. The molecule has 2 rings (SSSR count). The van der Waals surface area contributed by atoms with Gasteiger partial charge < -0.3 is 19.5 Å². The molecular formula is C18H20ClNO4. The van der Waals surface area contributed by atoms with E-state index >= 15 is 0 Å². The molecule has 0 bridgehead atoms. The van der Waals surface area contributed by atoms with E-state index in [2.05, 4.69) is 5.32 Å². The van der Waals surface area contributed by atoms with Gasteiger partial charge in [-0.2, -0.15) is 0 Å². The predicted molar refractivity (Wildman–Crippen MR) is 93.6 cm³/mol. The molecule has 0 heterocycles. The molecule has 1 N–H and O–H groups in total. The van der Waals surface area contributed by atoms with Crippen LogP contribution in [-0.4, -0.2) is 33.8 Å². The van der Waals surface area contributed by atoms with Crippen molar-refractivity contribution in [3.8, 4) is 17.2 Å². The molecule has 0 aromatic heterocycles. The molecule has 0 aliphatic carbocycles. The summed E-state index contributed by atoms with van der Waals surface area (Å²) in [6.45, 7) is 0.470. The van der Waals surface area contributed by atoms with Crippen molar-refractivity contribution in [2.24, 2.45) is 0 Å². The first-order valence-electron chi connectivity index (χ1n) is 7.41. The van der Waals surface area contributed by atoms with Gasteiger partial charge in [0.15, 0.2) is 0 Å². The third-order valence-electron chi connectivity index (χ3n) is 3.53. The largest absolute Gasteiger partial charge is 0.496 e. The van der Waals surface area contributed by atoms with Crippen LogP contribution < -0.4 is 19.5 Å². The van der Waals surface area contributed by atoms with E-state index in [-0.39, 0.29) is 5.91 Å². The normalized spacial score (nSPS) is 10.2. The maximum absolute atomic E-state index is 12.5. The second-order valence-electron chi connectivity index (χ2n) is 5.04. The summed E-state index contributed by atoms with van der Waals surface area (Å²) in [5.41, 5.74) is 1.39. The van der Waals surface area contributed by atoms with E-state index in [9.17, 15) is 4.79 Å². The first-order valence-corrected chi connectivity index (χ1v) is 7.79. The number of nitrogens with one attached hydrogen (secondary N) is 1. The van der Waals surface area contributed by atoms with E-state index in [0.717, 1.165) is 5.56 Å². The number of hydrogen-bond acceptors (Lipinski definition) is 4. The van der Waals surface area contributed by atoms with E-state index in [4.69, 9.17) is 25.8 Å². The van der Waals surface area contributed by atoms with Crippen LogP contribution in [0, 0.1) is 0 Å². The number of halogens is 1. The highest BCUT2D eigenvalue weighted by Gasteiger charge is 2.20. The van der Waals surface area contributed by atoms with Crippen LogP contribution in [0.2, 0.25) is 5.02 Å². The third kappa shape index (κ3) is 4.32. The van der Waals surface area contributed by atoms with Crippen LogP contribution in [0.25, 0.3) is 0 Å². The van der Waals surface area contributed by atoms with Crippen molar-refractivity contribution in [3.63, 3.8) is 0 Å². The van der Waals surface area contributed by atoms with Crippen molar-refractivity contribution >= 4 is 17.5 Å². The molecule has 0 atom stereocenters. The number of rotatable bonds is 7. The van der Waals surface area contributed by atoms with Gasteiger partial charge in [-0.25, -0.2) is 0 Å². The van der Waals surface area contributed by atoms with E-state index in [1.807, 2.05) is 24.3 Å². The SMILES string of the molecule is COc1cc(OC)c(C(=O)NCCc2cccc(Cl)c2)c(OC)c1. The summed E-state index contributed by atoms with van der Waals surface area (Å²) in [5, 5.41) is 3.55. The van der Waals surface area contributed by atoms with Crippen LogP contribution >= 0.6 is 11.6 Å². The van der Waals surface area contributed by atoms with Crippen LogP contribution in [0.4, 0.5) is 0 Å². The summed E-state index contributed by atoms with van der Waals surface area (Å²) < 4.78 is 15.8. The Morgan fingerprint density at radius 3 is 2.25 bits per heavy atom. The van der Waals surface area contributed by atoms with Crippen molar-refractivity contribution in [2.45, 2.75) is 6.42 Å². The maximum atomic E-state index is 12.5. The molecule has 1 amide bonds. The Morgan fingerprint density at radius 2 is 1.71 bits per heavy atom. The number of hydrogen-bond donors (Lipinski definition) is 1. The first-order chi connectivity index (χ1) is 11.6. The number of benzene rings is 2. The third-order valence-corrected chi connectivity index (χ3v) is 3.77. The fourth-order valence-electron chi connectivity index (χ4n) is 2.33. The molecule has 0 unspecified atom stereocenters. The molecule has 0 radical (unpaired) electrons.